The number of nitrogens with zero attached hydrogens (tertiary/aromatic N) is 2. The Morgan fingerprint density at radius 2 is 2.12 bits per heavy atom. The monoisotopic (exact) mass is 377 g/mol. The summed E-state index contributed by atoms with van der Waals surface area (Å²) in [5.41, 5.74) is 0.410. The lowest BCUT2D eigenvalue weighted by Crippen LogP contribution is -2.28. The van der Waals surface area contributed by atoms with E-state index in [9.17, 15) is 9.59 Å². The molecular weight excluding hydrogens is 358 g/mol. The number of H-pyrrole nitrogens is 1. The Morgan fingerprint density at radius 1 is 1.35 bits per heavy atom. The third kappa shape index (κ3) is 4.27. The van der Waals surface area contributed by atoms with E-state index < -0.39 is 5.91 Å². The first-order chi connectivity index (χ1) is 12.1. The number of hydrogen-bond donors (Lipinski definition) is 3. The van der Waals surface area contributed by atoms with Crippen LogP contribution in [0.25, 0.3) is 10.9 Å². The number of likely N-dealkylation sites (N-methyl/N-ethyl adjacent to an activating group) is 1. The number of para-hydroxylation sites is 1. The SMILES string of the molecule is CNC(C)Cc1noc(CNC(=O)c2c[nH]c3ccccc3c2=O)n1.Cl. The largest absolute Gasteiger partial charge is 0.360 e. The number of hydrogen-bond acceptors (Lipinski definition) is 6. The zero-order chi connectivity index (χ0) is 17.8. The molecule has 138 valence electrons. The van der Waals surface area contributed by atoms with E-state index in [-0.39, 0.29) is 36.0 Å². The summed E-state index contributed by atoms with van der Waals surface area (Å²) in [7, 11) is 1.85. The third-order valence-electron chi connectivity index (χ3n) is 3.92. The van der Waals surface area contributed by atoms with E-state index >= 15 is 0 Å². The normalized spacial score (nSPS) is 11.8. The molecule has 1 atom stereocenters. The second kappa shape index (κ2) is 8.59. The summed E-state index contributed by atoms with van der Waals surface area (Å²) in [5.74, 6) is 0.369. The van der Waals surface area contributed by atoms with E-state index in [1.165, 1.54) is 6.20 Å². The molecule has 3 aromatic rings. The van der Waals surface area contributed by atoms with Crippen LogP contribution in [0.4, 0.5) is 0 Å². The summed E-state index contributed by atoms with van der Waals surface area (Å²) in [5, 5.41) is 10.1. The van der Waals surface area contributed by atoms with Crippen molar-refractivity contribution in [3.63, 3.8) is 0 Å². The molecule has 3 rings (SSSR count). The van der Waals surface area contributed by atoms with Gasteiger partial charge < -0.3 is 20.1 Å². The number of nitrogens with one attached hydrogen (secondary N) is 3. The topological polar surface area (TPSA) is 113 Å². The van der Waals surface area contributed by atoms with Crippen LogP contribution in [-0.4, -0.2) is 34.1 Å². The molecule has 2 heterocycles. The smallest absolute Gasteiger partial charge is 0.257 e. The first kappa shape index (κ1) is 19.6. The van der Waals surface area contributed by atoms with Crippen LogP contribution in [0.5, 0.6) is 0 Å². The fourth-order valence-corrected chi connectivity index (χ4v) is 2.41. The van der Waals surface area contributed by atoms with Gasteiger partial charge in [0.05, 0.1) is 6.54 Å². The van der Waals surface area contributed by atoms with E-state index in [1.54, 1.807) is 18.2 Å². The zero-order valence-corrected chi connectivity index (χ0v) is 15.2. The van der Waals surface area contributed by atoms with Crippen molar-refractivity contribution in [1.29, 1.82) is 0 Å². The molecule has 0 spiro atoms. The maximum absolute atomic E-state index is 12.4. The van der Waals surface area contributed by atoms with Crippen molar-refractivity contribution in [3.05, 3.63) is 58.0 Å². The van der Waals surface area contributed by atoms with E-state index in [2.05, 4.69) is 25.8 Å². The van der Waals surface area contributed by atoms with Gasteiger partial charge >= 0.3 is 0 Å². The Labute approximate surface area is 155 Å². The highest BCUT2D eigenvalue weighted by Crippen LogP contribution is 2.07. The van der Waals surface area contributed by atoms with Crippen LogP contribution >= 0.6 is 12.4 Å². The highest BCUT2D eigenvalue weighted by atomic mass is 35.5. The first-order valence-corrected chi connectivity index (χ1v) is 7.96. The number of rotatable bonds is 6. The van der Waals surface area contributed by atoms with Gasteiger partial charge in [-0.3, -0.25) is 9.59 Å². The van der Waals surface area contributed by atoms with Crippen LogP contribution in [0.15, 0.2) is 39.8 Å². The summed E-state index contributed by atoms with van der Waals surface area (Å²) < 4.78 is 5.11. The van der Waals surface area contributed by atoms with E-state index in [1.807, 2.05) is 20.0 Å². The van der Waals surface area contributed by atoms with Gasteiger partial charge in [0.1, 0.15) is 5.56 Å². The number of amides is 1. The number of fused-ring (bicyclic) bond motifs is 1. The van der Waals surface area contributed by atoms with Gasteiger partial charge in [-0.15, -0.1) is 12.4 Å². The number of pyridine rings is 1. The lowest BCUT2D eigenvalue weighted by Gasteiger charge is -2.05. The van der Waals surface area contributed by atoms with E-state index in [0.717, 1.165) is 0 Å². The van der Waals surface area contributed by atoms with Crippen LogP contribution < -0.4 is 16.1 Å². The second-order valence-electron chi connectivity index (χ2n) is 5.76. The lowest BCUT2D eigenvalue weighted by atomic mass is 10.1. The van der Waals surface area contributed by atoms with Gasteiger partial charge in [-0.05, 0) is 26.1 Å². The Hall–Kier alpha value is -2.71. The third-order valence-corrected chi connectivity index (χ3v) is 3.92. The molecule has 0 saturated heterocycles. The molecular formula is C17H20ClN5O3. The molecule has 26 heavy (non-hydrogen) atoms. The average molecular weight is 378 g/mol. The zero-order valence-electron chi connectivity index (χ0n) is 14.4. The van der Waals surface area contributed by atoms with Crippen molar-refractivity contribution >= 4 is 29.2 Å². The number of benzene rings is 1. The van der Waals surface area contributed by atoms with Crippen molar-refractivity contribution in [2.24, 2.45) is 0 Å². The molecule has 0 radical (unpaired) electrons. The molecule has 0 aliphatic carbocycles. The summed E-state index contributed by atoms with van der Waals surface area (Å²) in [6.07, 6.45) is 2.03. The summed E-state index contributed by atoms with van der Waals surface area (Å²) in [4.78, 5) is 31.9. The summed E-state index contributed by atoms with van der Waals surface area (Å²) in [6.45, 7) is 2.07. The second-order valence-corrected chi connectivity index (χ2v) is 5.76. The van der Waals surface area contributed by atoms with Crippen molar-refractivity contribution in [1.82, 2.24) is 25.8 Å². The van der Waals surface area contributed by atoms with Gasteiger partial charge in [0.15, 0.2) is 5.82 Å². The molecule has 0 fully saturated rings. The molecule has 8 nitrogen and oxygen atoms in total. The molecule has 9 heteroatoms. The number of carbonyl (C=O) groups excluding carboxylic acids is 1. The molecule has 2 aromatic heterocycles. The van der Waals surface area contributed by atoms with Gasteiger partial charge in [-0.25, -0.2) is 0 Å². The minimum atomic E-state index is -0.490. The maximum Gasteiger partial charge on any atom is 0.257 e. The highest BCUT2D eigenvalue weighted by Gasteiger charge is 2.15. The molecule has 0 aliphatic rings. The van der Waals surface area contributed by atoms with Crippen molar-refractivity contribution in [3.8, 4) is 0 Å². The standard InChI is InChI=1S/C17H19N5O3.ClH/c1-10(18-2)7-14-21-15(25-22-14)9-20-17(24)12-8-19-13-6-4-3-5-11(13)16(12)23;/h3-6,8,10,18H,7,9H2,1-2H3,(H,19,23)(H,20,24);1H. The minimum Gasteiger partial charge on any atom is -0.360 e. The van der Waals surface area contributed by atoms with Crippen molar-refractivity contribution < 1.29 is 9.32 Å². The summed E-state index contributed by atoms with van der Waals surface area (Å²) in [6, 6.07) is 7.25. The minimum absolute atomic E-state index is 0. The fraction of sp³-hybridized carbons (Fsp3) is 0.294. The first-order valence-electron chi connectivity index (χ1n) is 7.96. The van der Waals surface area contributed by atoms with Gasteiger partial charge in [0.25, 0.3) is 5.91 Å². The van der Waals surface area contributed by atoms with E-state index in [0.29, 0.717) is 29.0 Å². The number of carbonyl (C=O) groups is 1. The molecule has 0 bridgehead atoms. The van der Waals surface area contributed by atoms with Crippen molar-refractivity contribution in [2.45, 2.75) is 25.9 Å². The van der Waals surface area contributed by atoms with E-state index in [4.69, 9.17) is 4.52 Å². The molecule has 0 saturated carbocycles. The van der Waals surface area contributed by atoms with Crippen LogP contribution in [0.2, 0.25) is 0 Å². The van der Waals surface area contributed by atoms with Crippen LogP contribution in [0.3, 0.4) is 0 Å². The van der Waals surface area contributed by atoms with Crippen LogP contribution in [0, 0.1) is 0 Å². The van der Waals surface area contributed by atoms with Gasteiger partial charge in [0.2, 0.25) is 11.3 Å². The Morgan fingerprint density at radius 3 is 2.88 bits per heavy atom. The highest BCUT2D eigenvalue weighted by molar-refractivity contribution is 5.96. The Bertz CT molecular complexity index is 953. The quantitative estimate of drug-likeness (QED) is 0.598. The number of halogens is 1. The van der Waals surface area contributed by atoms with Gasteiger partial charge in [-0.1, -0.05) is 17.3 Å². The predicted molar refractivity (Wildman–Crippen MR) is 99.5 cm³/mol. The fourth-order valence-electron chi connectivity index (χ4n) is 2.41. The Balaban J connectivity index is 0.00000243. The molecule has 1 amide bonds. The number of aromatic nitrogens is 3. The maximum atomic E-state index is 12.4. The molecule has 3 N–H and O–H groups in total. The van der Waals surface area contributed by atoms with Gasteiger partial charge in [0, 0.05) is 29.6 Å². The molecule has 1 unspecified atom stereocenters. The lowest BCUT2D eigenvalue weighted by molar-refractivity contribution is 0.0945. The molecule has 0 aliphatic heterocycles. The van der Waals surface area contributed by atoms with Gasteiger partial charge in [-0.2, -0.15) is 4.98 Å². The Kier molecular flexibility index (Phi) is 6.48. The van der Waals surface area contributed by atoms with Crippen LogP contribution in [0.1, 0.15) is 29.0 Å². The van der Waals surface area contributed by atoms with Crippen molar-refractivity contribution in [2.75, 3.05) is 7.05 Å². The average Bonchev–Trinajstić information content (AvgIpc) is 3.07. The summed E-state index contributed by atoms with van der Waals surface area (Å²) >= 11 is 0. The number of aromatic amines is 1. The predicted octanol–water partition coefficient (Wildman–Crippen LogP) is 1.41. The molecule has 1 aromatic carbocycles. The van der Waals surface area contributed by atoms with Crippen LogP contribution in [-0.2, 0) is 13.0 Å².